The summed E-state index contributed by atoms with van der Waals surface area (Å²) < 4.78 is 11.5. The molecule has 0 spiro atoms. The third-order valence-corrected chi connectivity index (χ3v) is 7.61. The van der Waals surface area contributed by atoms with Crippen LogP contribution in [-0.4, -0.2) is 18.0 Å². The highest BCUT2D eigenvalue weighted by molar-refractivity contribution is 5.89. The zero-order valence-electron chi connectivity index (χ0n) is 17.0. The second-order valence-corrected chi connectivity index (χ2v) is 9.04. The number of rotatable bonds is 3. The summed E-state index contributed by atoms with van der Waals surface area (Å²) in [5, 5.41) is 0. The van der Waals surface area contributed by atoms with Crippen molar-refractivity contribution < 1.29 is 19.1 Å². The maximum Gasteiger partial charge on any atom is 0.338 e. The van der Waals surface area contributed by atoms with Crippen LogP contribution in [0, 0.1) is 29.1 Å². The fourth-order valence-corrected chi connectivity index (χ4v) is 6.14. The Morgan fingerprint density at radius 3 is 2.54 bits per heavy atom. The second-order valence-electron chi connectivity index (χ2n) is 9.04. The molecule has 6 atom stereocenters. The predicted octanol–water partition coefficient (Wildman–Crippen LogP) is 5.14. The van der Waals surface area contributed by atoms with Crippen molar-refractivity contribution in [2.75, 3.05) is 0 Å². The highest BCUT2D eigenvalue weighted by Crippen LogP contribution is 2.60. The minimum atomic E-state index is -0.231. The molecule has 4 nitrogen and oxygen atoms in total. The van der Waals surface area contributed by atoms with Crippen LogP contribution in [0.25, 0.3) is 0 Å². The first-order chi connectivity index (χ1) is 13.4. The number of ether oxygens (including phenoxy) is 2. The van der Waals surface area contributed by atoms with E-state index in [1.165, 1.54) is 6.92 Å². The summed E-state index contributed by atoms with van der Waals surface area (Å²) in [6.07, 6.45) is 7.27. The zero-order chi connectivity index (χ0) is 19.9. The first-order valence-corrected chi connectivity index (χ1v) is 10.5. The third-order valence-electron chi connectivity index (χ3n) is 7.61. The Hall–Kier alpha value is -2.10. The highest BCUT2D eigenvalue weighted by atomic mass is 16.5. The first-order valence-electron chi connectivity index (χ1n) is 10.5. The monoisotopic (exact) mass is 382 g/mol. The maximum absolute atomic E-state index is 12.6. The number of benzene rings is 1. The predicted molar refractivity (Wildman–Crippen MR) is 106 cm³/mol. The summed E-state index contributed by atoms with van der Waals surface area (Å²) in [7, 11) is 0. The molecule has 2 saturated carbocycles. The molecule has 0 aliphatic heterocycles. The first kappa shape index (κ1) is 19.2. The van der Waals surface area contributed by atoms with E-state index in [-0.39, 0.29) is 29.4 Å². The molecule has 2 fully saturated rings. The van der Waals surface area contributed by atoms with Gasteiger partial charge in [0.2, 0.25) is 0 Å². The van der Waals surface area contributed by atoms with Gasteiger partial charge in [-0.25, -0.2) is 4.79 Å². The molecule has 150 valence electrons. The van der Waals surface area contributed by atoms with Gasteiger partial charge in [-0.1, -0.05) is 32.0 Å². The van der Waals surface area contributed by atoms with E-state index in [1.54, 1.807) is 0 Å². The van der Waals surface area contributed by atoms with Gasteiger partial charge in [0.05, 0.1) is 5.56 Å². The van der Waals surface area contributed by atoms with Gasteiger partial charge in [-0.2, -0.15) is 0 Å². The molecule has 1 aromatic carbocycles. The third kappa shape index (κ3) is 3.27. The summed E-state index contributed by atoms with van der Waals surface area (Å²) in [6.45, 7) is 5.98. The van der Waals surface area contributed by atoms with Gasteiger partial charge < -0.3 is 9.47 Å². The van der Waals surface area contributed by atoms with Gasteiger partial charge in [0.15, 0.2) is 0 Å². The van der Waals surface area contributed by atoms with E-state index >= 15 is 0 Å². The fraction of sp³-hybridized carbons (Fsp3) is 0.583. The average molecular weight is 383 g/mol. The van der Waals surface area contributed by atoms with Crippen molar-refractivity contribution in [1.82, 2.24) is 0 Å². The molecule has 4 rings (SSSR count). The van der Waals surface area contributed by atoms with Crippen molar-refractivity contribution in [3.8, 4) is 0 Å². The lowest BCUT2D eigenvalue weighted by molar-refractivity contribution is -0.139. The number of allylic oxidation sites excluding steroid dienone is 2. The molecular formula is C24H30O4. The van der Waals surface area contributed by atoms with Crippen LogP contribution in [0.15, 0.2) is 42.2 Å². The van der Waals surface area contributed by atoms with Gasteiger partial charge in [-0.05, 0) is 68.1 Å². The molecule has 0 N–H and O–H groups in total. The summed E-state index contributed by atoms with van der Waals surface area (Å²) in [5.41, 5.74) is 0.668. The molecule has 0 radical (unpaired) electrons. The van der Waals surface area contributed by atoms with Gasteiger partial charge in [0.25, 0.3) is 0 Å². The maximum atomic E-state index is 12.6. The van der Waals surface area contributed by atoms with Crippen molar-refractivity contribution in [3.05, 3.63) is 47.7 Å². The Kier molecular flexibility index (Phi) is 5.07. The van der Waals surface area contributed by atoms with E-state index in [0.717, 1.165) is 37.9 Å². The summed E-state index contributed by atoms with van der Waals surface area (Å²) in [6, 6.07) is 9.29. The number of hydrogen-bond acceptors (Lipinski definition) is 4. The van der Waals surface area contributed by atoms with Crippen molar-refractivity contribution in [2.24, 2.45) is 29.1 Å². The van der Waals surface area contributed by atoms with E-state index in [9.17, 15) is 9.59 Å². The van der Waals surface area contributed by atoms with Crippen LogP contribution in [0.4, 0.5) is 0 Å². The van der Waals surface area contributed by atoms with Crippen LogP contribution < -0.4 is 0 Å². The SMILES string of the molecule is CC(=O)OC1=CC[C@@H]2[C@H](CC[C@@]3(C)[C@@H](OC(=O)c4ccccc4)CC[C@H]23)[C@@H]1C. The minimum Gasteiger partial charge on any atom is -0.458 e. The molecule has 0 aromatic heterocycles. The van der Waals surface area contributed by atoms with Crippen molar-refractivity contribution in [2.45, 2.75) is 59.0 Å². The Bertz CT molecular complexity index is 783. The van der Waals surface area contributed by atoms with Crippen molar-refractivity contribution >= 4 is 11.9 Å². The summed E-state index contributed by atoms with van der Waals surface area (Å²) >= 11 is 0. The number of fused-ring (bicyclic) bond motifs is 3. The lowest BCUT2D eigenvalue weighted by Crippen LogP contribution is -2.47. The van der Waals surface area contributed by atoms with E-state index in [4.69, 9.17) is 9.47 Å². The Morgan fingerprint density at radius 2 is 1.82 bits per heavy atom. The molecule has 4 heteroatoms. The second kappa shape index (κ2) is 7.38. The van der Waals surface area contributed by atoms with Crippen LogP contribution >= 0.6 is 0 Å². The largest absolute Gasteiger partial charge is 0.458 e. The molecule has 0 amide bonds. The van der Waals surface area contributed by atoms with E-state index in [2.05, 4.69) is 19.9 Å². The number of carbonyl (C=O) groups is 2. The van der Waals surface area contributed by atoms with Gasteiger partial charge >= 0.3 is 11.9 Å². The molecule has 1 aromatic rings. The minimum absolute atomic E-state index is 0.0136. The molecule has 0 bridgehead atoms. The van der Waals surface area contributed by atoms with Gasteiger partial charge in [0.1, 0.15) is 11.9 Å². The van der Waals surface area contributed by atoms with Gasteiger partial charge in [-0.15, -0.1) is 0 Å². The van der Waals surface area contributed by atoms with E-state index in [0.29, 0.717) is 23.3 Å². The lowest BCUT2D eigenvalue weighted by Gasteiger charge is -2.51. The fourth-order valence-electron chi connectivity index (χ4n) is 6.14. The van der Waals surface area contributed by atoms with Crippen molar-refractivity contribution in [3.63, 3.8) is 0 Å². The molecule has 3 aliphatic rings. The smallest absolute Gasteiger partial charge is 0.338 e. The molecule has 3 aliphatic carbocycles. The Balaban J connectivity index is 1.50. The number of hydrogen-bond donors (Lipinski definition) is 0. The van der Waals surface area contributed by atoms with Crippen LogP contribution in [-0.2, 0) is 14.3 Å². The molecule has 0 heterocycles. The van der Waals surface area contributed by atoms with E-state index < -0.39 is 0 Å². The highest BCUT2D eigenvalue weighted by Gasteiger charge is 2.56. The van der Waals surface area contributed by atoms with Gasteiger partial charge in [-0.3, -0.25) is 4.79 Å². The summed E-state index contributed by atoms with van der Waals surface area (Å²) in [5.74, 6) is 2.36. The standard InChI is InChI=1S/C24H30O4/c1-15-18-13-14-24(3)20(19(18)9-11-21(15)27-16(2)25)10-12-22(24)28-23(26)17-7-5-4-6-8-17/h4-8,11,15,18-20,22H,9-10,12-14H2,1-3H3/t15-,18+,19+,20+,22-,24+/m0/s1. The van der Waals surface area contributed by atoms with Crippen LogP contribution in [0.2, 0.25) is 0 Å². The van der Waals surface area contributed by atoms with Crippen LogP contribution in [0.5, 0.6) is 0 Å². The average Bonchev–Trinajstić information content (AvgIpc) is 3.01. The number of carbonyl (C=O) groups excluding carboxylic acids is 2. The quantitative estimate of drug-likeness (QED) is 0.679. The van der Waals surface area contributed by atoms with Crippen LogP contribution in [0.1, 0.15) is 63.2 Å². The van der Waals surface area contributed by atoms with Gasteiger partial charge in [0, 0.05) is 18.3 Å². The summed E-state index contributed by atoms with van der Waals surface area (Å²) in [4.78, 5) is 24.0. The molecule has 0 unspecified atom stereocenters. The lowest BCUT2D eigenvalue weighted by atomic mass is 9.55. The normalized spacial score (nSPS) is 36.7. The molecule has 28 heavy (non-hydrogen) atoms. The van der Waals surface area contributed by atoms with Crippen molar-refractivity contribution in [1.29, 1.82) is 0 Å². The molecule has 0 saturated heterocycles. The van der Waals surface area contributed by atoms with Crippen LogP contribution in [0.3, 0.4) is 0 Å². The topological polar surface area (TPSA) is 52.6 Å². The van der Waals surface area contributed by atoms with E-state index in [1.807, 2.05) is 30.3 Å². The Labute approximate surface area is 167 Å². The Morgan fingerprint density at radius 1 is 1.07 bits per heavy atom. The molecular weight excluding hydrogens is 352 g/mol. The zero-order valence-corrected chi connectivity index (χ0v) is 17.0. The number of esters is 2.